The Kier molecular flexibility index (Phi) is 3.16. The molecule has 0 aromatic carbocycles. The number of hydrogen-bond donors (Lipinski definition) is 1. The van der Waals surface area contributed by atoms with Crippen molar-refractivity contribution in [1.82, 2.24) is 0 Å². The van der Waals surface area contributed by atoms with Crippen molar-refractivity contribution in [2.24, 2.45) is 5.73 Å². The molecule has 1 aliphatic rings. The molecule has 11 heavy (non-hydrogen) atoms. The Morgan fingerprint density at radius 2 is 1.91 bits per heavy atom. The van der Waals surface area contributed by atoms with Crippen molar-refractivity contribution in [2.75, 3.05) is 13.2 Å². The highest BCUT2D eigenvalue weighted by Gasteiger charge is 2.54. The Bertz CT molecular complexity index is 132. The third-order valence-electron chi connectivity index (χ3n) is 1.62. The van der Waals surface area contributed by atoms with Crippen LogP contribution in [0.2, 0.25) is 0 Å². The molecule has 0 bridgehead atoms. The second-order valence-corrected chi connectivity index (χ2v) is 2.46. The molecule has 0 amide bonds. The molecule has 2 N–H and O–H groups in total. The molecule has 6 heteroatoms. The van der Waals surface area contributed by atoms with Crippen molar-refractivity contribution in [3.8, 4) is 0 Å². The minimum absolute atomic E-state index is 0. The van der Waals surface area contributed by atoms with Crippen LogP contribution >= 0.6 is 12.4 Å². The van der Waals surface area contributed by atoms with Gasteiger partial charge in [-0.1, -0.05) is 0 Å². The predicted molar refractivity (Wildman–Crippen MR) is 35.7 cm³/mol. The summed E-state index contributed by atoms with van der Waals surface area (Å²) >= 11 is 0. The average molecular weight is 192 g/mol. The summed E-state index contributed by atoms with van der Waals surface area (Å²) in [5, 5.41) is 0. The van der Waals surface area contributed by atoms with Gasteiger partial charge in [-0.3, -0.25) is 0 Å². The van der Waals surface area contributed by atoms with Gasteiger partial charge in [0.2, 0.25) is 0 Å². The maximum absolute atomic E-state index is 11.9. The third kappa shape index (κ3) is 1.98. The van der Waals surface area contributed by atoms with E-state index in [0.29, 0.717) is 0 Å². The lowest BCUT2D eigenvalue weighted by molar-refractivity contribution is -0.184. The maximum atomic E-state index is 11.9. The van der Waals surface area contributed by atoms with E-state index in [1.807, 2.05) is 0 Å². The Labute approximate surface area is 68.3 Å². The van der Waals surface area contributed by atoms with Gasteiger partial charge in [0.05, 0.1) is 6.61 Å². The van der Waals surface area contributed by atoms with E-state index in [4.69, 9.17) is 5.73 Å². The Hall–Kier alpha value is -0.0000000000000000486. The fourth-order valence-electron chi connectivity index (χ4n) is 0.804. The molecular formula is C5H9ClF3NO. The van der Waals surface area contributed by atoms with Crippen LogP contribution in [0.1, 0.15) is 6.42 Å². The van der Waals surface area contributed by atoms with Crippen LogP contribution < -0.4 is 5.73 Å². The van der Waals surface area contributed by atoms with E-state index in [1.165, 1.54) is 0 Å². The van der Waals surface area contributed by atoms with Gasteiger partial charge in [-0.15, -0.1) is 12.4 Å². The van der Waals surface area contributed by atoms with Crippen molar-refractivity contribution in [1.29, 1.82) is 0 Å². The van der Waals surface area contributed by atoms with Gasteiger partial charge in [0.15, 0.2) is 0 Å². The van der Waals surface area contributed by atoms with E-state index < -0.39 is 18.3 Å². The number of rotatable bonds is 0. The van der Waals surface area contributed by atoms with E-state index in [1.54, 1.807) is 0 Å². The van der Waals surface area contributed by atoms with Crippen LogP contribution in [0.25, 0.3) is 0 Å². The summed E-state index contributed by atoms with van der Waals surface area (Å²) in [6, 6.07) is 0. The Morgan fingerprint density at radius 3 is 2.09 bits per heavy atom. The minimum atomic E-state index is -4.33. The summed E-state index contributed by atoms with van der Waals surface area (Å²) in [6.07, 6.45) is -4.46. The molecule has 1 heterocycles. The summed E-state index contributed by atoms with van der Waals surface area (Å²) in [6.45, 7) is -0.299. The van der Waals surface area contributed by atoms with E-state index in [9.17, 15) is 13.2 Å². The van der Waals surface area contributed by atoms with E-state index in [-0.39, 0.29) is 25.4 Å². The summed E-state index contributed by atoms with van der Waals surface area (Å²) in [4.78, 5) is 0. The largest absolute Gasteiger partial charge is 0.408 e. The number of nitrogens with two attached hydrogens (primary N) is 1. The first-order valence-corrected chi connectivity index (χ1v) is 2.89. The van der Waals surface area contributed by atoms with Crippen molar-refractivity contribution >= 4 is 12.4 Å². The van der Waals surface area contributed by atoms with Crippen molar-refractivity contribution in [3.05, 3.63) is 0 Å². The lowest BCUT2D eigenvalue weighted by atomic mass is 10.0. The van der Waals surface area contributed by atoms with E-state index in [0.717, 1.165) is 0 Å². The molecule has 1 rings (SSSR count). The lowest BCUT2D eigenvalue weighted by Gasteiger charge is -2.24. The van der Waals surface area contributed by atoms with Gasteiger partial charge in [0, 0.05) is 6.61 Å². The molecule has 1 aliphatic heterocycles. The van der Waals surface area contributed by atoms with E-state index >= 15 is 0 Å². The van der Waals surface area contributed by atoms with Crippen LogP contribution in [0, 0.1) is 0 Å². The van der Waals surface area contributed by atoms with Gasteiger partial charge in [0.1, 0.15) is 5.54 Å². The Morgan fingerprint density at radius 1 is 1.36 bits per heavy atom. The van der Waals surface area contributed by atoms with Gasteiger partial charge >= 0.3 is 6.18 Å². The zero-order valence-corrected chi connectivity index (χ0v) is 6.47. The van der Waals surface area contributed by atoms with Gasteiger partial charge in [-0.25, -0.2) is 0 Å². The first-order chi connectivity index (χ1) is 4.46. The van der Waals surface area contributed by atoms with Crippen molar-refractivity contribution < 1.29 is 17.9 Å². The number of alkyl halides is 3. The van der Waals surface area contributed by atoms with Gasteiger partial charge in [-0.05, 0) is 6.42 Å². The smallest absolute Gasteiger partial charge is 0.379 e. The normalized spacial score (nSPS) is 31.6. The summed E-state index contributed by atoms with van der Waals surface area (Å²) < 4.78 is 40.4. The van der Waals surface area contributed by atoms with Crippen LogP contribution in [0.4, 0.5) is 13.2 Å². The topological polar surface area (TPSA) is 35.2 Å². The summed E-state index contributed by atoms with van der Waals surface area (Å²) in [5.74, 6) is 0. The standard InChI is InChI=1S/C5H8F3NO.ClH/c6-5(7,8)4(9)1-2-10-3-4;/h1-3,9H2;1H. The molecular weight excluding hydrogens is 183 g/mol. The molecule has 0 radical (unpaired) electrons. The van der Waals surface area contributed by atoms with Gasteiger partial charge in [0.25, 0.3) is 0 Å². The molecule has 1 unspecified atom stereocenters. The third-order valence-corrected chi connectivity index (χ3v) is 1.62. The molecule has 1 fully saturated rings. The molecule has 68 valence electrons. The van der Waals surface area contributed by atoms with Crippen LogP contribution in [0.5, 0.6) is 0 Å². The predicted octanol–water partition coefficient (Wildman–Crippen LogP) is 1.09. The summed E-state index contributed by atoms with van der Waals surface area (Å²) in [7, 11) is 0. The van der Waals surface area contributed by atoms with Crippen molar-refractivity contribution in [3.63, 3.8) is 0 Å². The zero-order valence-electron chi connectivity index (χ0n) is 5.65. The first kappa shape index (κ1) is 11.0. The molecule has 1 atom stereocenters. The fourth-order valence-corrected chi connectivity index (χ4v) is 0.804. The molecule has 0 aliphatic carbocycles. The molecule has 0 spiro atoms. The quantitative estimate of drug-likeness (QED) is 0.622. The highest BCUT2D eigenvalue weighted by atomic mass is 35.5. The van der Waals surface area contributed by atoms with Crippen LogP contribution in [0.15, 0.2) is 0 Å². The van der Waals surface area contributed by atoms with Crippen LogP contribution in [-0.2, 0) is 4.74 Å². The number of ether oxygens (including phenoxy) is 1. The second kappa shape index (κ2) is 3.16. The monoisotopic (exact) mass is 191 g/mol. The molecule has 0 aromatic rings. The number of hydrogen-bond acceptors (Lipinski definition) is 2. The highest BCUT2D eigenvalue weighted by Crippen LogP contribution is 2.34. The molecule has 0 aromatic heterocycles. The van der Waals surface area contributed by atoms with Crippen molar-refractivity contribution in [2.45, 2.75) is 18.1 Å². The minimum Gasteiger partial charge on any atom is -0.379 e. The second-order valence-electron chi connectivity index (χ2n) is 2.46. The molecule has 0 saturated carbocycles. The Balaban J connectivity index is 0.000001000. The van der Waals surface area contributed by atoms with Crippen LogP contribution in [-0.4, -0.2) is 24.9 Å². The van der Waals surface area contributed by atoms with Crippen LogP contribution in [0.3, 0.4) is 0 Å². The number of halogens is 4. The van der Waals surface area contributed by atoms with Gasteiger partial charge in [-0.2, -0.15) is 13.2 Å². The SMILES string of the molecule is Cl.NC1(C(F)(F)F)CCOC1. The first-order valence-electron chi connectivity index (χ1n) is 2.89. The maximum Gasteiger partial charge on any atom is 0.408 e. The van der Waals surface area contributed by atoms with E-state index in [2.05, 4.69) is 4.74 Å². The lowest BCUT2D eigenvalue weighted by Crippen LogP contribution is -2.53. The zero-order chi connectivity index (χ0) is 7.83. The fraction of sp³-hybridized carbons (Fsp3) is 1.00. The molecule has 2 nitrogen and oxygen atoms in total. The highest BCUT2D eigenvalue weighted by molar-refractivity contribution is 5.85. The van der Waals surface area contributed by atoms with Gasteiger partial charge < -0.3 is 10.5 Å². The molecule has 1 saturated heterocycles. The average Bonchev–Trinajstić information content (AvgIpc) is 2.13. The summed E-state index contributed by atoms with van der Waals surface area (Å²) in [5.41, 5.74) is 2.90.